The zero-order valence-electron chi connectivity index (χ0n) is 14.3. The van der Waals surface area contributed by atoms with Gasteiger partial charge in [-0.1, -0.05) is 29.4 Å². The van der Waals surface area contributed by atoms with Crippen LogP contribution >= 0.6 is 0 Å². The Kier molecular flexibility index (Phi) is 5.43. The number of para-hydroxylation sites is 1. The molecule has 1 heterocycles. The number of aromatic nitrogens is 1. The van der Waals surface area contributed by atoms with Gasteiger partial charge in [0.05, 0.1) is 13.0 Å². The minimum Gasteiger partial charge on any atom is -0.463 e. The van der Waals surface area contributed by atoms with Gasteiger partial charge in [0.25, 0.3) is 0 Å². The molecule has 2 aromatic carbocycles. The van der Waals surface area contributed by atoms with Gasteiger partial charge >= 0.3 is 5.97 Å². The number of hydrogen-bond donors (Lipinski definition) is 1. The Balaban J connectivity index is 1.60. The second kappa shape index (κ2) is 8.11. The Hall–Kier alpha value is -3.41. The van der Waals surface area contributed by atoms with Crippen molar-refractivity contribution in [3.63, 3.8) is 0 Å². The maximum absolute atomic E-state index is 12.2. The summed E-state index contributed by atoms with van der Waals surface area (Å²) in [4.78, 5) is 23.5. The summed E-state index contributed by atoms with van der Waals surface area (Å²) in [6.45, 7) is 2.10. The predicted octanol–water partition coefficient (Wildman–Crippen LogP) is 3.59. The topological polar surface area (TPSA) is 81.4 Å². The van der Waals surface area contributed by atoms with E-state index >= 15 is 0 Å². The normalized spacial score (nSPS) is 11.0. The van der Waals surface area contributed by atoms with Gasteiger partial charge in [-0.05, 0) is 42.8 Å². The van der Waals surface area contributed by atoms with Crippen molar-refractivity contribution < 1.29 is 18.8 Å². The zero-order chi connectivity index (χ0) is 18.4. The highest BCUT2D eigenvalue weighted by Gasteiger charge is 2.12. The van der Waals surface area contributed by atoms with E-state index in [1.807, 2.05) is 24.3 Å². The number of ether oxygens (including phenoxy) is 1. The van der Waals surface area contributed by atoms with Crippen molar-refractivity contribution in [2.24, 2.45) is 0 Å². The number of nitrogens with one attached hydrogen (secondary N) is 1. The molecule has 0 unspecified atom stereocenters. The third-order valence-electron chi connectivity index (χ3n) is 3.67. The van der Waals surface area contributed by atoms with E-state index in [2.05, 4.69) is 10.5 Å². The number of anilines is 1. The van der Waals surface area contributed by atoms with Gasteiger partial charge in [0.15, 0.2) is 5.58 Å². The number of amides is 1. The summed E-state index contributed by atoms with van der Waals surface area (Å²) in [7, 11) is 0. The first kappa shape index (κ1) is 17.4. The van der Waals surface area contributed by atoms with Crippen LogP contribution in [-0.2, 0) is 20.7 Å². The van der Waals surface area contributed by atoms with Gasteiger partial charge in [0.2, 0.25) is 5.91 Å². The highest BCUT2D eigenvalue weighted by atomic mass is 16.5. The van der Waals surface area contributed by atoms with Crippen LogP contribution in [0, 0.1) is 0 Å². The van der Waals surface area contributed by atoms with Gasteiger partial charge in [-0.25, -0.2) is 4.79 Å². The van der Waals surface area contributed by atoms with Crippen LogP contribution in [0.4, 0.5) is 5.69 Å². The lowest BCUT2D eigenvalue weighted by atomic mass is 10.1. The lowest BCUT2D eigenvalue weighted by molar-refractivity contribution is -0.137. The number of fused-ring (bicyclic) bond motifs is 1. The first-order valence-corrected chi connectivity index (χ1v) is 8.23. The number of esters is 1. The van der Waals surface area contributed by atoms with Crippen LogP contribution in [0.3, 0.4) is 0 Å². The Morgan fingerprint density at radius 2 is 1.92 bits per heavy atom. The average molecular weight is 350 g/mol. The van der Waals surface area contributed by atoms with E-state index < -0.39 is 0 Å². The summed E-state index contributed by atoms with van der Waals surface area (Å²) in [6, 6.07) is 14.6. The molecule has 1 amide bonds. The lowest BCUT2D eigenvalue weighted by Crippen LogP contribution is -2.14. The van der Waals surface area contributed by atoms with Gasteiger partial charge in [0.1, 0.15) is 5.69 Å². The Morgan fingerprint density at radius 1 is 1.15 bits per heavy atom. The maximum atomic E-state index is 12.2. The molecule has 0 aliphatic carbocycles. The van der Waals surface area contributed by atoms with Crippen molar-refractivity contribution in [3.05, 3.63) is 65.9 Å². The maximum Gasteiger partial charge on any atom is 0.330 e. The quantitative estimate of drug-likeness (QED) is 0.543. The third kappa shape index (κ3) is 4.36. The second-order valence-corrected chi connectivity index (χ2v) is 5.56. The third-order valence-corrected chi connectivity index (χ3v) is 3.67. The average Bonchev–Trinajstić information content (AvgIpc) is 3.04. The largest absolute Gasteiger partial charge is 0.463 e. The van der Waals surface area contributed by atoms with Crippen LogP contribution in [0.1, 0.15) is 18.2 Å². The van der Waals surface area contributed by atoms with Crippen LogP contribution in [0.25, 0.3) is 17.0 Å². The molecular weight excluding hydrogens is 332 g/mol. The zero-order valence-corrected chi connectivity index (χ0v) is 14.3. The smallest absolute Gasteiger partial charge is 0.330 e. The first-order valence-electron chi connectivity index (χ1n) is 8.23. The molecule has 0 spiro atoms. The molecule has 0 bridgehead atoms. The highest BCUT2D eigenvalue weighted by molar-refractivity contribution is 5.94. The molecule has 0 aliphatic heterocycles. The molecule has 0 atom stereocenters. The van der Waals surface area contributed by atoms with Crippen molar-refractivity contribution >= 4 is 34.6 Å². The molecule has 1 N–H and O–H groups in total. The molecule has 0 radical (unpaired) electrons. The molecule has 6 heteroatoms. The lowest BCUT2D eigenvalue weighted by Gasteiger charge is -2.04. The molecule has 0 aliphatic rings. The fourth-order valence-corrected chi connectivity index (χ4v) is 2.46. The Bertz CT molecular complexity index is 942. The number of carbonyl (C=O) groups is 2. The fraction of sp³-hybridized carbons (Fsp3) is 0.150. The van der Waals surface area contributed by atoms with Crippen molar-refractivity contribution in [1.82, 2.24) is 5.16 Å². The summed E-state index contributed by atoms with van der Waals surface area (Å²) < 4.78 is 10.0. The summed E-state index contributed by atoms with van der Waals surface area (Å²) in [6.07, 6.45) is 3.15. The van der Waals surface area contributed by atoms with Crippen molar-refractivity contribution in [3.8, 4) is 0 Å². The van der Waals surface area contributed by atoms with E-state index in [9.17, 15) is 9.59 Å². The van der Waals surface area contributed by atoms with Gasteiger partial charge in [-0.3, -0.25) is 4.79 Å². The summed E-state index contributed by atoms with van der Waals surface area (Å²) in [5, 5.41) is 7.61. The van der Waals surface area contributed by atoms with E-state index in [0.29, 0.717) is 23.6 Å². The van der Waals surface area contributed by atoms with Crippen LogP contribution in [-0.4, -0.2) is 23.6 Å². The molecule has 26 heavy (non-hydrogen) atoms. The van der Waals surface area contributed by atoms with Crippen LogP contribution in [0.2, 0.25) is 0 Å². The minimum atomic E-state index is -0.385. The summed E-state index contributed by atoms with van der Waals surface area (Å²) in [5.41, 5.74) is 2.76. The number of nitrogens with zero attached hydrogens (tertiary/aromatic N) is 1. The summed E-state index contributed by atoms with van der Waals surface area (Å²) in [5.74, 6) is -0.566. The first-order chi connectivity index (χ1) is 12.7. The highest BCUT2D eigenvalue weighted by Crippen LogP contribution is 2.19. The molecule has 132 valence electrons. The van der Waals surface area contributed by atoms with Gasteiger partial charge < -0.3 is 14.6 Å². The van der Waals surface area contributed by atoms with Gasteiger partial charge in [-0.15, -0.1) is 0 Å². The Morgan fingerprint density at radius 3 is 2.69 bits per heavy atom. The van der Waals surface area contributed by atoms with E-state index in [1.165, 1.54) is 6.08 Å². The van der Waals surface area contributed by atoms with E-state index in [0.717, 1.165) is 10.9 Å². The summed E-state index contributed by atoms with van der Waals surface area (Å²) >= 11 is 0. The minimum absolute atomic E-state index is 0.127. The molecule has 0 saturated heterocycles. The number of hydrogen-bond acceptors (Lipinski definition) is 5. The molecular formula is C20H18N2O4. The molecule has 0 fully saturated rings. The second-order valence-electron chi connectivity index (χ2n) is 5.56. The fourth-order valence-electron chi connectivity index (χ4n) is 2.46. The Labute approximate surface area is 150 Å². The van der Waals surface area contributed by atoms with Crippen molar-refractivity contribution in [2.45, 2.75) is 13.3 Å². The SMILES string of the molecule is CCOC(=O)/C=C/c1ccc(NC(=O)Cc2noc3ccccc23)cc1. The van der Waals surface area contributed by atoms with Crippen molar-refractivity contribution in [2.75, 3.05) is 11.9 Å². The van der Waals surface area contributed by atoms with E-state index in [4.69, 9.17) is 9.26 Å². The standard InChI is InChI=1S/C20H18N2O4/c1-2-25-20(24)12-9-14-7-10-15(11-8-14)21-19(23)13-17-16-5-3-4-6-18(16)26-22-17/h3-12H,2,13H2,1H3,(H,21,23)/b12-9+. The van der Waals surface area contributed by atoms with Crippen LogP contribution in [0.5, 0.6) is 0 Å². The predicted molar refractivity (Wildman–Crippen MR) is 98.5 cm³/mol. The van der Waals surface area contributed by atoms with E-state index in [-0.39, 0.29) is 18.3 Å². The van der Waals surface area contributed by atoms with Crippen LogP contribution < -0.4 is 5.32 Å². The molecule has 6 nitrogen and oxygen atoms in total. The van der Waals surface area contributed by atoms with Crippen LogP contribution in [0.15, 0.2) is 59.1 Å². The number of benzene rings is 2. The van der Waals surface area contributed by atoms with Gasteiger partial charge in [-0.2, -0.15) is 0 Å². The number of carbonyl (C=O) groups excluding carboxylic acids is 2. The van der Waals surface area contributed by atoms with E-state index in [1.54, 1.807) is 37.3 Å². The molecule has 3 aromatic rings. The van der Waals surface area contributed by atoms with Gasteiger partial charge in [0, 0.05) is 17.1 Å². The molecule has 1 aromatic heterocycles. The molecule has 3 rings (SSSR count). The van der Waals surface area contributed by atoms with Crippen molar-refractivity contribution in [1.29, 1.82) is 0 Å². The monoisotopic (exact) mass is 350 g/mol. The molecule has 0 saturated carbocycles. The number of rotatable bonds is 6.